The van der Waals surface area contributed by atoms with Gasteiger partial charge in [0.15, 0.2) is 0 Å². The van der Waals surface area contributed by atoms with Crippen LogP contribution >= 0.6 is 0 Å². The van der Waals surface area contributed by atoms with Crippen LogP contribution in [-0.2, 0) is 26.0 Å². The first-order chi connectivity index (χ1) is 10.4. The molecule has 1 aliphatic rings. The van der Waals surface area contributed by atoms with E-state index < -0.39 is 10.0 Å². The number of amides is 1. The number of aromatic nitrogens is 2. The van der Waals surface area contributed by atoms with Crippen molar-refractivity contribution in [1.29, 1.82) is 0 Å². The van der Waals surface area contributed by atoms with E-state index in [1.165, 1.54) is 6.33 Å². The number of carbonyl (C=O) groups is 1. The van der Waals surface area contributed by atoms with Gasteiger partial charge in [-0.25, -0.2) is 23.1 Å². The third-order valence-electron chi connectivity index (χ3n) is 3.32. The van der Waals surface area contributed by atoms with Gasteiger partial charge in [-0.15, -0.1) is 0 Å². The molecule has 1 N–H and O–H groups in total. The molecule has 1 atom stereocenters. The highest BCUT2D eigenvalue weighted by Crippen LogP contribution is 2.12. The van der Waals surface area contributed by atoms with Gasteiger partial charge < -0.3 is 9.64 Å². The first-order valence-corrected chi connectivity index (χ1v) is 8.88. The average Bonchev–Trinajstić information content (AvgIpc) is 2.71. The van der Waals surface area contributed by atoms with Crippen LogP contribution in [0, 0.1) is 5.92 Å². The van der Waals surface area contributed by atoms with Gasteiger partial charge >= 0.3 is 0 Å². The highest BCUT2D eigenvalue weighted by atomic mass is 32.2. The molecule has 1 saturated heterocycles. The van der Waals surface area contributed by atoms with Crippen LogP contribution in [0.25, 0.3) is 0 Å². The second-order valence-electron chi connectivity index (χ2n) is 5.28. The van der Waals surface area contributed by atoms with Crippen LogP contribution in [0.5, 0.6) is 0 Å². The van der Waals surface area contributed by atoms with Crippen LogP contribution in [0.4, 0.5) is 0 Å². The highest BCUT2D eigenvalue weighted by molar-refractivity contribution is 7.88. The second-order valence-corrected chi connectivity index (χ2v) is 7.11. The maximum absolute atomic E-state index is 12.1. The summed E-state index contributed by atoms with van der Waals surface area (Å²) in [7, 11) is -3.37. The van der Waals surface area contributed by atoms with Crippen LogP contribution in [0.1, 0.15) is 5.69 Å². The summed E-state index contributed by atoms with van der Waals surface area (Å²) in [6, 6.07) is 1.84. The molecule has 0 saturated carbocycles. The third kappa shape index (κ3) is 5.66. The molecular formula is C13H20N4O4S. The van der Waals surface area contributed by atoms with Gasteiger partial charge in [-0.1, -0.05) is 0 Å². The first kappa shape index (κ1) is 16.8. The van der Waals surface area contributed by atoms with E-state index in [-0.39, 0.29) is 18.4 Å². The SMILES string of the molecule is CS(=O)(=O)NCC(=O)N1CCOCC(Cc2ccncn2)C1. The van der Waals surface area contributed by atoms with Gasteiger partial charge in [-0.2, -0.15) is 0 Å². The smallest absolute Gasteiger partial charge is 0.237 e. The summed E-state index contributed by atoms with van der Waals surface area (Å²) in [6.45, 7) is 1.76. The number of ether oxygens (including phenoxy) is 1. The molecule has 2 rings (SSSR count). The van der Waals surface area contributed by atoms with Crippen molar-refractivity contribution < 1.29 is 17.9 Å². The Bertz CT molecular complexity index is 593. The van der Waals surface area contributed by atoms with E-state index >= 15 is 0 Å². The van der Waals surface area contributed by atoms with Crippen LogP contribution < -0.4 is 4.72 Å². The Morgan fingerprint density at radius 1 is 1.55 bits per heavy atom. The fourth-order valence-corrected chi connectivity index (χ4v) is 2.66. The molecule has 2 heterocycles. The quantitative estimate of drug-likeness (QED) is 0.747. The Labute approximate surface area is 129 Å². The number of rotatable bonds is 5. The Balaban J connectivity index is 1.93. The summed E-state index contributed by atoms with van der Waals surface area (Å²) >= 11 is 0. The molecule has 1 aliphatic heterocycles. The van der Waals surface area contributed by atoms with E-state index in [0.717, 1.165) is 11.9 Å². The van der Waals surface area contributed by atoms with Crippen LogP contribution in [-0.4, -0.2) is 68.3 Å². The third-order valence-corrected chi connectivity index (χ3v) is 3.99. The van der Waals surface area contributed by atoms with Gasteiger partial charge in [0.1, 0.15) is 6.33 Å². The summed E-state index contributed by atoms with van der Waals surface area (Å²) in [5, 5.41) is 0. The topological polar surface area (TPSA) is 101 Å². The zero-order chi connectivity index (χ0) is 16.0. The molecule has 8 nitrogen and oxygen atoms in total. The van der Waals surface area contributed by atoms with E-state index in [1.54, 1.807) is 11.1 Å². The van der Waals surface area contributed by atoms with E-state index in [1.807, 2.05) is 6.07 Å². The van der Waals surface area contributed by atoms with Crippen LogP contribution in [0.2, 0.25) is 0 Å². The van der Waals surface area contributed by atoms with Gasteiger partial charge in [0.25, 0.3) is 0 Å². The fraction of sp³-hybridized carbons (Fsp3) is 0.615. The lowest BCUT2D eigenvalue weighted by molar-refractivity contribution is -0.130. The molecule has 1 fully saturated rings. The zero-order valence-corrected chi connectivity index (χ0v) is 13.3. The minimum absolute atomic E-state index is 0.125. The van der Waals surface area contributed by atoms with Crippen molar-refractivity contribution in [2.45, 2.75) is 6.42 Å². The van der Waals surface area contributed by atoms with Crippen molar-refractivity contribution in [2.75, 3.05) is 39.1 Å². The molecule has 1 amide bonds. The molecule has 0 bridgehead atoms. The molecule has 1 aromatic heterocycles. The number of nitrogens with zero attached hydrogens (tertiary/aromatic N) is 3. The van der Waals surface area contributed by atoms with Gasteiger partial charge in [0.05, 0.1) is 26.0 Å². The van der Waals surface area contributed by atoms with Crippen molar-refractivity contribution >= 4 is 15.9 Å². The van der Waals surface area contributed by atoms with Gasteiger partial charge in [-0.05, 0) is 12.5 Å². The summed E-state index contributed by atoms with van der Waals surface area (Å²) in [5.41, 5.74) is 0.896. The van der Waals surface area contributed by atoms with Crippen molar-refractivity contribution in [3.8, 4) is 0 Å². The standard InChI is InChI=1S/C13H20N4O4S/c1-22(19,20)16-7-13(18)17-4-5-21-9-11(8-17)6-12-2-3-14-10-15-12/h2-3,10-11,16H,4-9H2,1H3. The minimum atomic E-state index is -3.37. The lowest BCUT2D eigenvalue weighted by Gasteiger charge is -2.23. The average molecular weight is 328 g/mol. The van der Waals surface area contributed by atoms with Gasteiger partial charge in [0, 0.05) is 30.9 Å². The summed E-state index contributed by atoms with van der Waals surface area (Å²) in [4.78, 5) is 21.8. The van der Waals surface area contributed by atoms with Crippen LogP contribution in [0.15, 0.2) is 18.6 Å². The first-order valence-electron chi connectivity index (χ1n) is 6.99. The number of hydrogen-bond acceptors (Lipinski definition) is 6. The van der Waals surface area contributed by atoms with E-state index in [9.17, 15) is 13.2 Å². The maximum atomic E-state index is 12.1. The van der Waals surface area contributed by atoms with Crippen LogP contribution in [0.3, 0.4) is 0 Å². The normalized spacial score (nSPS) is 19.7. The van der Waals surface area contributed by atoms with Crippen molar-refractivity contribution in [2.24, 2.45) is 5.92 Å². The molecule has 0 radical (unpaired) electrons. The summed E-state index contributed by atoms with van der Waals surface area (Å²) in [6.07, 6.45) is 4.89. The molecular weight excluding hydrogens is 308 g/mol. The molecule has 1 unspecified atom stereocenters. The summed E-state index contributed by atoms with van der Waals surface area (Å²) < 4.78 is 29.9. The number of carbonyl (C=O) groups excluding carboxylic acids is 1. The predicted molar refractivity (Wildman–Crippen MR) is 79.5 cm³/mol. The Morgan fingerprint density at radius 2 is 2.36 bits per heavy atom. The molecule has 0 spiro atoms. The minimum Gasteiger partial charge on any atom is -0.379 e. The second kappa shape index (κ2) is 7.61. The molecule has 1 aromatic rings. The predicted octanol–water partition coefficient (Wildman–Crippen LogP) is -0.957. The molecule has 0 aliphatic carbocycles. The van der Waals surface area contributed by atoms with E-state index in [0.29, 0.717) is 32.7 Å². The summed E-state index contributed by atoms with van der Waals surface area (Å²) in [5.74, 6) is -0.122. The number of hydrogen-bond donors (Lipinski definition) is 1. The largest absolute Gasteiger partial charge is 0.379 e. The Morgan fingerprint density at radius 3 is 3.05 bits per heavy atom. The molecule has 9 heteroatoms. The van der Waals surface area contributed by atoms with Crippen molar-refractivity contribution in [3.05, 3.63) is 24.3 Å². The Kier molecular flexibility index (Phi) is 5.81. The maximum Gasteiger partial charge on any atom is 0.237 e. The lowest BCUT2D eigenvalue weighted by atomic mass is 10.0. The van der Waals surface area contributed by atoms with Crippen molar-refractivity contribution in [3.63, 3.8) is 0 Å². The molecule has 22 heavy (non-hydrogen) atoms. The zero-order valence-electron chi connectivity index (χ0n) is 12.4. The van der Waals surface area contributed by atoms with Gasteiger partial charge in [0.2, 0.25) is 15.9 Å². The Hall–Kier alpha value is -1.58. The number of sulfonamides is 1. The fourth-order valence-electron chi connectivity index (χ4n) is 2.27. The highest BCUT2D eigenvalue weighted by Gasteiger charge is 2.23. The van der Waals surface area contributed by atoms with E-state index in [4.69, 9.17) is 4.74 Å². The van der Waals surface area contributed by atoms with Gasteiger partial charge in [-0.3, -0.25) is 4.79 Å². The number of nitrogens with one attached hydrogen (secondary N) is 1. The lowest BCUT2D eigenvalue weighted by Crippen LogP contribution is -2.42. The monoisotopic (exact) mass is 328 g/mol. The van der Waals surface area contributed by atoms with Crippen molar-refractivity contribution in [1.82, 2.24) is 19.6 Å². The molecule has 122 valence electrons. The molecule has 0 aromatic carbocycles. The van der Waals surface area contributed by atoms with E-state index in [2.05, 4.69) is 14.7 Å².